The number of nitrogens with one attached hydrogen (secondary N) is 4. The number of carbonyl (C=O) groups is 5. The third-order valence-corrected chi connectivity index (χ3v) is 15.4. The van der Waals surface area contributed by atoms with Gasteiger partial charge in [0.15, 0.2) is 5.60 Å². The summed E-state index contributed by atoms with van der Waals surface area (Å²) in [6.07, 6.45) is 4.02. The van der Waals surface area contributed by atoms with Gasteiger partial charge in [-0.05, 0) is 61.8 Å². The summed E-state index contributed by atoms with van der Waals surface area (Å²) < 4.78 is 89.1. The number of esters is 1. The van der Waals surface area contributed by atoms with Gasteiger partial charge in [0.2, 0.25) is 32.7 Å². The van der Waals surface area contributed by atoms with Gasteiger partial charge in [-0.2, -0.15) is 0 Å². The molecule has 0 radical (unpaired) electrons. The Bertz CT molecular complexity index is 3190. The molecular weight excluding hydrogens is 1140 g/mol. The SMILES string of the molecule is CC[C@@]1(O)C(=O)OCc2c1cc1n(c2=O)Cc2c-1nc1cc(F)c(C)c3c1c2[C@@H](NC(=O)[C@H](C)NC(=O)[C@@H](NC(=O)CCOCCOCCOCCOCCOCCOCCOCCOCCNC(=O)c1cnc(S(C)(=O)=O)nc1)C(C)C)CC3. The number of aryl methyl sites for hydroxylation is 1. The van der Waals surface area contributed by atoms with Crippen LogP contribution in [-0.4, -0.2) is 193 Å². The molecule has 85 heavy (non-hydrogen) atoms. The number of sulfone groups is 1. The van der Waals surface area contributed by atoms with Crippen LogP contribution in [0.3, 0.4) is 0 Å². The normalized spacial score (nSPS) is 16.8. The van der Waals surface area contributed by atoms with Crippen LogP contribution < -0.4 is 26.8 Å². The second-order valence-electron chi connectivity index (χ2n) is 20.9. The first-order valence-electron chi connectivity index (χ1n) is 28.4. The summed E-state index contributed by atoms with van der Waals surface area (Å²) in [6.45, 7) is 13.7. The standard InChI is InChI=1S/C57H77FN8O18S/c1-7-57(73)41-28-45-50-39(32-66(45)54(71)40(41)33-84-55(57)72)48-43(9-8-38-35(4)42(58)29-44(63-50)47(38)48)64-51(68)36(5)62-53(70)49(34(2)3)65-46(67)10-12-76-14-16-78-18-20-80-22-24-82-26-27-83-25-23-81-21-19-79-17-15-77-13-11-59-52(69)37-30-60-56(61-31-37)85(6,74)75/h28-31,34,36,43,49,73H,7-27,32-33H2,1-6H3,(H,59,69)(H,62,70)(H,64,68)(H,65,67)/t36-,43-,49-,57-/m0/s1. The second-order valence-corrected chi connectivity index (χ2v) is 22.8. The molecule has 4 atom stereocenters. The molecule has 5 N–H and O–H groups in total. The fourth-order valence-electron chi connectivity index (χ4n) is 9.92. The maximum absolute atomic E-state index is 15.4. The first-order valence-corrected chi connectivity index (χ1v) is 30.3. The van der Waals surface area contributed by atoms with Crippen LogP contribution in [0.4, 0.5) is 4.39 Å². The number of hydrogen-bond donors (Lipinski definition) is 5. The van der Waals surface area contributed by atoms with Gasteiger partial charge >= 0.3 is 5.97 Å². The quantitative estimate of drug-likeness (QED) is 0.0215. The summed E-state index contributed by atoms with van der Waals surface area (Å²) in [7, 11) is -3.55. The van der Waals surface area contributed by atoms with Crippen LogP contribution >= 0.6 is 0 Å². The number of amides is 4. The zero-order valence-electron chi connectivity index (χ0n) is 48.8. The highest BCUT2D eigenvalue weighted by molar-refractivity contribution is 7.90. The highest BCUT2D eigenvalue weighted by Crippen LogP contribution is 2.46. The average molecular weight is 1210 g/mol. The van der Waals surface area contributed by atoms with Crippen LogP contribution in [0.2, 0.25) is 0 Å². The largest absolute Gasteiger partial charge is 0.458 e. The summed E-state index contributed by atoms with van der Waals surface area (Å²) in [5.41, 5.74) is 1.48. The van der Waals surface area contributed by atoms with Gasteiger partial charge in [0.25, 0.3) is 11.5 Å². The summed E-state index contributed by atoms with van der Waals surface area (Å²) in [6, 6.07) is 0.289. The van der Waals surface area contributed by atoms with Crippen LogP contribution in [0.25, 0.3) is 22.3 Å². The average Bonchev–Trinajstić information content (AvgIpc) is 2.00. The van der Waals surface area contributed by atoms with E-state index in [1.54, 1.807) is 33.8 Å². The number of carbonyl (C=O) groups excluding carboxylic acids is 5. The van der Waals surface area contributed by atoms with Gasteiger partial charge in [-0.25, -0.2) is 32.6 Å². The van der Waals surface area contributed by atoms with Crippen LogP contribution in [-0.2, 0) is 96.8 Å². The lowest BCUT2D eigenvalue weighted by atomic mass is 9.81. The smallest absolute Gasteiger partial charge is 0.343 e. The number of halogens is 1. The zero-order valence-corrected chi connectivity index (χ0v) is 49.7. The lowest BCUT2D eigenvalue weighted by Crippen LogP contribution is -2.55. The van der Waals surface area contributed by atoms with Gasteiger partial charge in [-0.1, -0.05) is 20.8 Å². The van der Waals surface area contributed by atoms with Crippen LogP contribution in [0.5, 0.6) is 0 Å². The van der Waals surface area contributed by atoms with E-state index in [0.717, 1.165) is 24.2 Å². The molecule has 1 aliphatic carbocycles. The van der Waals surface area contributed by atoms with E-state index >= 15 is 4.39 Å². The van der Waals surface area contributed by atoms with Gasteiger partial charge in [-0.15, -0.1) is 0 Å². The molecule has 28 heteroatoms. The lowest BCUT2D eigenvalue weighted by molar-refractivity contribution is -0.172. The van der Waals surface area contributed by atoms with E-state index in [1.165, 1.54) is 17.6 Å². The Hall–Kier alpha value is -6.47. The van der Waals surface area contributed by atoms with Crippen molar-refractivity contribution in [2.75, 3.05) is 119 Å². The van der Waals surface area contributed by atoms with Crippen molar-refractivity contribution < 1.29 is 84.5 Å². The molecule has 0 unspecified atom stereocenters. The molecule has 7 rings (SSSR count). The Morgan fingerprint density at radius 2 is 1.34 bits per heavy atom. The number of nitrogens with zero attached hydrogens (tertiary/aromatic N) is 4. The predicted octanol–water partition coefficient (Wildman–Crippen LogP) is 1.42. The molecule has 5 heterocycles. The molecule has 3 aromatic heterocycles. The highest BCUT2D eigenvalue weighted by Gasteiger charge is 2.46. The Labute approximate surface area is 491 Å². The number of cyclic esters (lactones) is 1. The van der Waals surface area contributed by atoms with Gasteiger partial charge in [-0.3, -0.25) is 24.0 Å². The minimum atomic E-state index is -3.55. The van der Waals surface area contributed by atoms with Crippen molar-refractivity contribution in [3.8, 4) is 11.4 Å². The topological polar surface area (TPSA) is 332 Å². The summed E-state index contributed by atoms with van der Waals surface area (Å²) in [4.78, 5) is 91.8. The number of aliphatic hydroxyl groups is 1. The van der Waals surface area contributed by atoms with Gasteiger partial charge < -0.3 is 73.6 Å². The fourth-order valence-corrected chi connectivity index (χ4v) is 10.4. The Morgan fingerprint density at radius 3 is 1.88 bits per heavy atom. The molecular formula is C57H77FN8O18S. The summed E-state index contributed by atoms with van der Waals surface area (Å²) >= 11 is 0. The van der Waals surface area contributed by atoms with Crippen molar-refractivity contribution in [1.82, 2.24) is 40.8 Å². The van der Waals surface area contributed by atoms with Crippen LogP contribution in [0, 0.1) is 18.7 Å². The third kappa shape index (κ3) is 17.2. The molecule has 0 saturated carbocycles. The van der Waals surface area contributed by atoms with E-state index < -0.39 is 74.5 Å². The third-order valence-electron chi connectivity index (χ3n) is 14.5. The highest BCUT2D eigenvalue weighted by atomic mass is 32.2. The Morgan fingerprint density at radius 1 is 0.788 bits per heavy atom. The van der Waals surface area contributed by atoms with Crippen LogP contribution in [0.15, 0.2) is 34.5 Å². The Balaban J connectivity index is 0.702. The number of benzene rings is 1. The molecule has 3 aliphatic rings. The molecule has 4 aromatic rings. The maximum Gasteiger partial charge on any atom is 0.343 e. The minimum absolute atomic E-state index is 0.0205. The molecule has 0 fully saturated rings. The van der Waals surface area contributed by atoms with Crippen molar-refractivity contribution in [1.29, 1.82) is 0 Å². The van der Waals surface area contributed by atoms with Crippen molar-refractivity contribution in [3.63, 3.8) is 0 Å². The first-order chi connectivity index (χ1) is 40.7. The molecule has 2 aliphatic heterocycles. The number of pyridine rings is 2. The van der Waals surface area contributed by atoms with E-state index in [2.05, 4.69) is 31.2 Å². The fraction of sp³-hybridized carbons (Fsp3) is 0.596. The molecule has 1 aromatic carbocycles. The molecule has 4 amide bonds. The van der Waals surface area contributed by atoms with E-state index in [-0.39, 0.29) is 86.7 Å². The molecule has 0 bridgehead atoms. The van der Waals surface area contributed by atoms with Crippen molar-refractivity contribution >= 4 is 50.3 Å². The molecule has 0 spiro atoms. The number of aromatic nitrogens is 4. The van der Waals surface area contributed by atoms with Crippen molar-refractivity contribution in [3.05, 3.63) is 79.6 Å². The Kier molecular flexibility index (Phi) is 24.3. The number of hydrogen-bond acceptors (Lipinski definition) is 21. The van der Waals surface area contributed by atoms with Gasteiger partial charge in [0.05, 0.1) is 146 Å². The van der Waals surface area contributed by atoms with E-state index in [9.17, 15) is 42.3 Å². The van der Waals surface area contributed by atoms with E-state index in [0.29, 0.717) is 131 Å². The predicted molar refractivity (Wildman–Crippen MR) is 301 cm³/mol. The first kappa shape index (κ1) is 66.1. The maximum atomic E-state index is 15.4. The van der Waals surface area contributed by atoms with E-state index in [4.69, 9.17) is 47.6 Å². The van der Waals surface area contributed by atoms with Crippen molar-refractivity contribution in [2.24, 2.45) is 5.92 Å². The van der Waals surface area contributed by atoms with Crippen LogP contribution in [0.1, 0.15) is 96.7 Å². The lowest BCUT2D eigenvalue weighted by Gasteiger charge is -2.31. The molecule has 26 nitrogen and oxygen atoms in total. The number of ether oxygens (including phenoxy) is 9. The monoisotopic (exact) mass is 1210 g/mol. The summed E-state index contributed by atoms with van der Waals surface area (Å²) in [5, 5.41) is 23.0. The van der Waals surface area contributed by atoms with E-state index in [1.807, 2.05) is 0 Å². The molecule has 0 saturated heterocycles. The number of rotatable bonds is 36. The summed E-state index contributed by atoms with van der Waals surface area (Å²) in [5.74, 6) is -3.56. The second kappa shape index (κ2) is 31.3. The number of fused-ring (bicyclic) bond motifs is 5. The molecule has 466 valence electrons. The zero-order chi connectivity index (χ0) is 61.3. The van der Waals surface area contributed by atoms with Crippen molar-refractivity contribution in [2.45, 2.75) is 102 Å². The van der Waals surface area contributed by atoms with Gasteiger partial charge in [0, 0.05) is 54.2 Å². The minimum Gasteiger partial charge on any atom is -0.458 e. The van der Waals surface area contributed by atoms with Gasteiger partial charge in [0.1, 0.15) is 24.5 Å².